The Morgan fingerprint density at radius 1 is 1.17 bits per heavy atom. The van der Waals surface area contributed by atoms with Crippen molar-refractivity contribution in [3.63, 3.8) is 0 Å². The van der Waals surface area contributed by atoms with Gasteiger partial charge in [0.1, 0.15) is 0 Å². The van der Waals surface area contributed by atoms with Gasteiger partial charge in [0, 0.05) is 5.41 Å². The Balaban J connectivity index is 4.67. The van der Waals surface area contributed by atoms with E-state index in [-0.39, 0.29) is 0 Å². The molecular formula is C7H16O4S. The van der Waals surface area contributed by atoms with Gasteiger partial charge in [-0.25, -0.2) is 0 Å². The van der Waals surface area contributed by atoms with E-state index in [4.69, 9.17) is 4.55 Å². The van der Waals surface area contributed by atoms with Crippen molar-refractivity contribution in [3.8, 4) is 0 Å². The molecule has 74 valence electrons. The average molecular weight is 196 g/mol. The standard InChI is InChI=1S/C7H16O4S/c1-6(2,7(3,4)8)5-12(9,10)11/h8H,5H2,1-4H3,(H,9,10,11). The predicted molar refractivity (Wildman–Crippen MR) is 46.5 cm³/mol. The highest BCUT2D eigenvalue weighted by Crippen LogP contribution is 2.31. The van der Waals surface area contributed by atoms with Crippen LogP contribution in [0.25, 0.3) is 0 Å². The van der Waals surface area contributed by atoms with E-state index in [0.29, 0.717) is 0 Å². The summed E-state index contributed by atoms with van der Waals surface area (Å²) in [6.45, 7) is 6.19. The lowest BCUT2D eigenvalue weighted by Gasteiger charge is -2.35. The molecule has 4 nitrogen and oxygen atoms in total. The van der Waals surface area contributed by atoms with E-state index in [1.807, 2.05) is 0 Å². The Kier molecular flexibility index (Phi) is 2.94. The zero-order valence-electron chi connectivity index (χ0n) is 7.83. The van der Waals surface area contributed by atoms with E-state index in [0.717, 1.165) is 0 Å². The van der Waals surface area contributed by atoms with Crippen molar-refractivity contribution in [2.24, 2.45) is 5.41 Å². The maximum absolute atomic E-state index is 10.5. The molecule has 0 saturated heterocycles. The molecule has 0 atom stereocenters. The normalized spacial score (nSPS) is 14.8. The largest absolute Gasteiger partial charge is 0.390 e. The monoisotopic (exact) mass is 196 g/mol. The molecule has 0 aromatic heterocycles. The summed E-state index contributed by atoms with van der Waals surface area (Å²) in [6.07, 6.45) is 0. The van der Waals surface area contributed by atoms with Gasteiger partial charge in [-0.15, -0.1) is 0 Å². The molecule has 0 bridgehead atoms. The average Bonchev–Trinajstić information content (AvgIpc) is 1.52. The third-order valence-corrected chi connectivity index (χ3v) is 3.29. The van der Waals surface area contributed by atoms with Crippen LogP contribution < -0.4 is 0 Å². The van der Waals surface area contributed by atoms with Crippen LogP contribution in [0, 0.1) is 5.41 Å². The highest BCUT2D eigenvalue weighted by Gasteiger charge is 2.38. The maximum Gasteiger partial charge on any atom is 0.265 e. The topological polar surface area (TPSA) is 74.6 Å². The molecule has 0 saturated carbocycles. The Hall–Kier alpha value is -0.130. The van der Waals surface area contributed by atoms with Gasteiger partial charge in [0.2, 0.25) is 0 Å². The van der Waals surface area contributed by atoms with Crippen molar-refractivity contribution in [2.75, 3.05) is 5.75 Å². The van der Waals surface area contributed by atoms with E-state index in [1.54, 1.807) is 13.8 Å². The minimum atomic E-state index is -4.02. The molecule has 0 aromatic carbocycles. The molecule has 0 aliphatic rings. The van der Waals surface area contributed by atoms with Gasteiger partial charge in [0.15, 0.2) is 0 Å². The van der Waals surface area contributed by atoms with Gasteiger partial charge in [0.25, 0.3) is 10.1 Å². The first-order valence-corrected chi connectivity index (χ1v) is 5.24. The molecule has 5 heteroatoms. The number of hydrogen-bond acceptors (Lipinski definition) is 3. The van der Waals surface area contributed by atoms with E-state index < -0.39 is 26.9 Å². The van der Waals surface area contributed by atoms with Gasteiger partial charge in [0.05, 0.1) is 11.4 Å². The highest BCUT2D eigenvalue weighted by molar-refractivity contribution is 7.85. The van der Waals surface area contributed by atoms with Crippen molar-refractivity contribution in [1.82, 2.24) is 0 Å². The minimum Gasteiger partial charge on any atom is -0.390 e. The van der Waals surface area contributed by atoms with Crippen molar-refractivity contribution >= 4 is 10.1 Å². The molecular weight excluding hydrogens is 180 g/mol. The van der Waals surface area contributed by atoms with Crippen molar-refractivity contribution in [3.05, 3.63) is 0 Å². The van der Waals surface area contributed by atoms with Gasteiger partial charge >= 0.3 is 0 Å². The summed E-state index contributed by atoms with van der Waals surface area (Å²) in [4.78, 5) is 0. The molecule has 12 heavy (non-hydrogen) atoms. The quantitative estimate of drug-likeness (QED) is 0.651. The van der Waals surface area contributed by atoms with Crippen LogP contribution >= 0.6 is 0 Å². The molecule has 0 unspecified atom stereocenters. The zero-order chi connectivity index (χ0) is 10.2. The van der Waals surface area contributed by atoms with E-state index >= 15 is 0 Å². The fraction of sp³-hybridized carbons (Fsp3) is 1.00. The van der Waals surface area contributed by atoms with E-state index in [1.165, 1.54) is 13.8 Å². The van der Waals surface area contributed by atoms with Crippen molar-refractivity contribution in [2.45, 2.75) is 33.3 Å². The Morgan fingerprint density at radius 3 is 1.58 bits per heavy atom. The van der Waals surface area contributed by atoms with Crippen LogP contribution in [0.1, 0.15) is 27.7 Å². The summed E-state index contributed by atoms with van der Waals surface area (Å²) in [5.41, 5.74) is -2.00. The van der Waals surface area contributed by atoms with Crippen molar-refractivity contribution in [1.29, 1.82) is 0 Å². The molecule has 0 fully saturated rings. The lowest BCUT2D eigenvalue weighted by molar-refractivity contribution is -0.0226. The van der Waals surface area contributed by atoms with Crippen LogP contribution in [0.2, 0.25) is 0 Å². The van der Waals surface area contributed by atoms with Crippen LogP contribution in [0.5, 0.6) is 0 Å². The summed E-state index contributed by atoms with van der Waals surface area (Å²) in [7, 11) is -4.02. The number of aliphatic hydroxyl groups is 1. The van der Waals surface area contributed by atoms with Gasteiger partial charge in [-0.3, -0.25) is 4.55 Å². The van der Waals surface area contributed by atoms with Crippen molar-refractivity contribution < 1.29 is 18.1 Å². The Morgan fingerprint density at radius 2 is 1.50 bits per heavy atom. The SMILES string of the molecule is CC(C)(O)C(C)(C)CS(=O)(=O)O. The van der Waals surface area contributed by atoms with Crippen LogP contribution in [0.15, 0.2) is 0 Å². The van der Waals surface area contributed by atoms with Gasteiger partial charge in [-0.05, 0) is 13.8 Å². The van der Waals surface area contributed by atoms with Gasteiger partial charge in [-0.1, -0.05) is 13.8 Å². The van der Waals surface area contributed by atoms with Crippen LogP contribution in [-0.4, -0.2) is 29.4 Å². The molecule has 0 heterocycles. The molecule has 0 amide bonds. The molecule has 0 radical (unpaired) electrons. The lowest BCUT2D eigenvalue weighted by atomic mass is 9.79. The summed E-state index contributed by atoms with van der Waals surface area (Å²) in [5, 5.41) is 9.53. The van der Waals surface area contributed by atoms with Gasteiger partial charge in [-0.2, -0.15) is 8.42 Å². The summed E-state index contributed by atoms with van der Waals surface area (Å²) in [6, 6.07) is 0. The molecule has 2 N–H and O–H groups in total. The predicted octanol–water partition coefficient (Wildman–Crippen LogP) is 0.671. The van der Waals surface area contributed by atoms with Crippen LogP contribution in [-0.2, 0) is 10.1 Å². The van der Waals surface area contributed by atoms with E-state index in [2.05, 4.69) is 0 Å². The second kappa shape index (κ2) is 2.97. The maximum atomic E-state index is 10.5. The van der Waals surface area contributed by atoms with Crippen LogP contribution in [0.3, 0.4) is 0 Å². The van der Waals surface area contributed by atoms with Crippen LogP contribution in [0.4, 0.5) is 0 Å². The summed E-state index contributed by atoms with van der Waals surface area (Å²) < 4.78 is 29.7. The number of hydrogen-bond donors (Lipinski definition) is 2. The highest BCUT2D eigenvalue weighted by atomic mass is 32.2. The van der Waals surface area contributed by atoms with Gasteiger partial charge < -0.3 is 5.11 Å². The second-order valence-corrected chi connectivity index (χ2v) is 5.62. The molecule has 0 spiro atoms. The fourth-order valence-electron chi connectivity index (χ4n) is 0.633. The zero-order valence-corrected chi connectivity index (χ0v) is 8.64. The van der Waals surface area contributed by atoms with E-state index in [9.17, 15) is 13.5 Å². The summed E-state index contributed by atoms with van der Waals surface area (Å²) >= 11 is 0. The smallest absolute Gasteiger partial charge is 0.265 e. The third-order valence-electron chi connectivity index (χ3n) is 2.20. The molecule has 0 aliphatic heterocycles. The minimum absolute atomic E-state index is 0.441. The molecule has 0 rings (SSSR count). The fourth-order valence-corrected chi connectivity index (χ4v) is 1.90. The number of rotatable bonds is 3. The Bertz CT molecular complexity index is 245. The first-order chi connectivity index (χ1) is 4.96. The second-order valence-electron chi connectivity index (χ2n) is 4.17. The third kappa shape index (κ3) is 3.51. The first kappa shape index (κ1) is 11.9. The molecule has 0 aliphatic carbocycles. The summed E-state index contributed by atoms with van der Waals surface area (Å²) in [5.74, 6) is -0.441. The lowest BCUT2D eigenvalue weighted by Crippen LogP contribution is -2.43. The Labute approximate surface area is 73.4 Å². The molecule has 0 aromatic rings. The first-order valence-electron chi connectivity index (χ1n) is 3.63.